The zero-order valence-electron chi connectivity index (χ0n) is 8.48. The minimum atomic E-state index is -4.34. The van der Waals surface area contributed by atoms with Crippen molar-refractivity contribution in [2.24, 2.45) is 0 Å². The van der Waals surface area contributed by atoms with Crippen LogP contribution in [0.4, 0.5) is 18.9 Å². The summed E-state index contributed by atoms with van der Waals surface area (Å²) in [7, 11) is 0. The molecule has 1 unspecified atom stereocenters. The van der Waals surface area contributed by atoms with E-state index in [4.69, 9.17) is 11.6 Å². The first-order chi connectivity index (χ1) is 7.91. The van der Waals surface area contributed by atoms with Crippen molar-refractivity contribution in [3.8, 4) is 0 Å². The third kappa shape index (κ3) is 2.60. The molecule has 1 N–H and O–H groups in total. The molecule has 0 spiro atoms. The van der Waals surface area contributed by atoms with Crippen LogP contribution in [-0.4, -0.2) is 12.2 Å². The number of fused-ring (bicyclic) bond motifs is 1. The van der Waals surface area contributed by atoms with E-state index in [2.05, 4.69) is 21.2 Å². The molecule has 0 saturated carbocycles. The van der Waals surface area contributed by atoms with Gasteiger partial charge in [-0.1, -0.05) is 33.6 Å². The van der Waals surface area contributed by atoms with E-state index in [1.807, 2.05) is 0 Å². The smallest absolute Gasteiger partial charge is 0.370 e. The Morgan fingerprint density at radius 3 is 2.65 bits per heavy atom. The lowest BCUT2D eigenvalue weighted by Gasteiger charge is -2.26. The molecular weight excluding hydrogens is 318 g/mol. The maximum Gasteiger partial charge on any atom is 0.412 e. The third-order valence-corrected chi connectivity index (χ3v) is 3.45. The summed E-state index contributed by atoms with van der Waals surface area (Å²) < 4.78 is 37.7. The molecule has 0 aliphatic carbocycles. The van der Waals surface area contributed by atoms with Crippen LogP contribution in [0.5, 0.6) is 0 Å². The summed E-state index contributed by atoms with van der Waals surface area (Å²) >= 11 is 9.17. The van der Waals surface area contributed by atoms with E-state index in [0.29, 0.717) is 16.6 Å². The summed E-state index contributed by atoms with van der Waals surface area (Å²) in [5, 5.41) is 3.18. The van der Waals surface area contributed by atoms with Crippen molar-refractivity contribution in [3.63, 3.8) is 0 Å². The van der Waals surface area contributed by atoms with Gasteiger partial charge in [-0.3, -0.25) is 0 Å². The summed E-state index contributed by atoms with van der Waals surface area (Å²) in [5.74, 6) is 0. The highest BCUT2D eigenvalue weighted by Crippen LogP contribution is 2.37. The maximum atomic E-state index is 12.6. The second-order valence-electron chi connectivity index (χ2n) is 3.69. The van der Waals surface area contributed by atoms with E-state index in [-0.39, 0.29) is 5.03 Å². The number of hydrogen-bond donors (Lipinski definition) is 1. The fourth-order valence-corrected chi connectivity index (χ4v) is 2.25. The lowest BCUT2D eigenvalue weighted by atomic mass is 10.0. The minimum absolute atomic E-state index is 0.129. The molecule has 1 nitrogen and oxygen atoms in total. The highest BCUT2D eigenvalue weighted by atomic mass is 79.9. The van der Waals surface area contributed by atoms with Crippen LogP contribution < -0.4 is 5.32 Å². The monoisotopic (exact) mass is 325 g/mol. The van der Waals surface area contributed by atoms with Gasteiger partial charge in [0.05, 0.1) is 0 Å². The average molecular weight is 327 g/mol. The van der Waals surface area contributed by atoms with Gasteiger partial charge in [-0.25, -0.2) is 0 Å². The van der Waals surface area contributed by atoms with Crippen LogP contribution in [0, 0.1) is 0 Å². The Hall–Kier alpha value is -0.680. The van der Waals surface area contributed by atoms with E-state index in [0.717, 1.165) is 11.6 Å². The molecule has 0 radical (unpaired) electrons. The van der Waals surface area contributed by atoms with Crippen LogP contribution in [0.1, 0.15) is 11.1 Å². The van der Waals surface area contributed by atoms with E-state index < -0.39 is 12.2 Å². The van der Waals surface area contributed by atoms with Crippen LogP contribution in [-0.2, 0) is 5.33 Å². The summed E-state index contributed by atoms with van der Waals surface area (Å²) in [6.07, 6.45) is -3.35. The van der Waals surface area contributed by atoms with Gasteiger partial charge in [-0.15, -0.1) is 0 Å². The SMILES string of the molecule is FC(F)(F)C1C=C(Cl)c2cc(CBr)ccc2N1. The van der Waals surface area contributed by atoms with Gasteiger partial charge in [0.25, 0.3) is 0 Å². The van der Waals surface area contributed by atoms with Gasteiger partial charge in [0, 0.05) is 21.6 Å². The quantitative estimate of drug-likeness (QED) is 0.748. The number of halogens is 5. The number of hydrogen-bond acceptors (Lipinski definition) is 1. The summed E-state index contributed by atoms with van der Waals surface area (Å²) in [6, 6.07) is 3.41. The van der Waals surface area contributed by atoms with E-state index in [9.17, 15) is 13.2 Å². The van der Waals surface area contributed by atoms with Gasteiger partial charge in [-0.2, -0.15) is 13.2 Å². The van der Waals surface area contributed by atoms with Gasteiger partial charge >= 0.3 is 6.18 Å². The highest BCUT2D eigenvalue weighted by Gasteiger charge is 2.40. The third-order valence-electron chi connectivity index (χ3n) is 2.47. The standard InChI is InChI=1S/C11H8BrClF3N/c12-5-6-1-2-9-7(3-6)8(13)4-10(17-9)11(14,15)16/h1-4,10,17H,5H2. The average Bonchev–Trinajstić information content (AvgIpc) is 2.27. The van der Waals surface area contributed by atoms with Crippen molar-refractivity contribution in [2.45, 2.75) is 17.5 Å². The molecule has 0 amide bonds. The zero-order valence-corrected chi connectivity index (χ0v) is 10.8. The molecule has 1 aliphatic rings. The molecule has 0 aromatic heterocycles. The number of alkyl halides is 4. The molecule has 6 heteroatoms. The van der Waals surface area contributed by atoms with Gasteiger partial charge in [0.2, 0.25) is 0 Å². The lowest BCUT2D eigenvalue weighted by molar-refractivity contribution is -0.132. The van der Waals surface area contributed by atoms with Crippen molar-refractivity contribution < 1.29 is 13.2 Å². The fourth-order valence-electron chi connectivity index (χ4n) is 1.62. The summed E-state index contributed by atoms with van der Waals surface area (Å²) in [6.45, 7) is 0. The van der Waals surface area contributed by atoms with Crippen LogP contribution in [0.3, 0.4) is 0 Å². The Morgan fingerprint density at radius 1 is 1.35 bits per heavy atom. The largest absolute Gasteiger partial charge is 0.412 e. The highest BCUT2D eigenvalue weighted by molar-refractivity contribution is 9.08. The molecule has 1 aromatic rings. The lowest BCUT2D eigenvalue weighted by Crippen LogP contribution is -2.36. The van der Waals surface area contributed by atoms with E-state index in [1.54, 1.807) is 18.2 Å². The Balaban J connectivity index is 2.41. The van der Waals surface area contributed by atoms with Crippen molar-refractivity contribution in [3.05, 3.63) is 35.4 Å². The first-order valence-corrected chi connectivity index (χ1v) is 6.31. The Morgan fingerprint density at radius 2 is 2.06 bits per heavy atom. The molecule has 0 fully saturated rings. The van der Waals surface area contributed by atoms with Crippen molar-refractivity contribution >= 4 is 38.3 Å². The number of rotatable bonds is 1. The van der Waals surface area contributed by atoms with E-state index >= 15 is 0 Å². The molecule has 17 heavy (non-hydrogen) atoms. The topological polar surface area (TPSA) is 12.0 Å². The molecule has 0 bridgehead atoms. The van der Waals surface area contributed by atoms with Crippen LogP contribution in [0.15, 0.2) is 24.3 Å². The van der Waals surface area contributed by atoms with E-state index in [1.165, 1.54) is 0 Å². The normalized spacial score (nSPS) is 19.4. The Kier molecular flexibility index (Phi) is 3.41. The number of benzene rings is 1. The molecule has 1 aromatic carbocycles. The van der Waals surface area contributed by atoms with Crippen molar-refractivity contribution in [1.82, 2.24) is 0 Å². The second kappa shape index (κ2) is 4.53. The Bertz CT molecular complexity index is 470. The van der Waals surface area contributed by atoms with Crippen molar-refractivity contribution in [2.75, 3.05) is 5.32 Å². The molecule has 1 heterocycles. The molecule has 2 rings (SSSR count). The zero-order chi connectivity index (χ0) is 12.6. The predicted molar refractivity (Wildman–Crippen MR) is 66.4 cm³/mol. The van der Waals surface area contributed by atoms with Gasteiger partial charge in [-0.05, 0) is 23.8 Å². The van der Waals surface area contributed by atoms with Crippen LogP contribution in [0.25, 0.3) is 5.03 Å². The second-order valence-corrected chi connectivity index (χ2v) is 4.66. The first-order valence-electron chi connectivity index (χ1n) is 4.81. The Labute approximate surface area is 110 Å². The molecular formula is C11H8BrClF3N. The molecule has 92 valence electrons. The molecule has 0 saturated heterocycles. The van der Waals surface area contributed by atoms with Crippen molar-refractivity contribution in [1.29, 1.82) is 0 Å². The summed E-state index contributed by atoms with van der Waals surface area (Å²) in [4.78, 5) is 0. The first kappa shape index (κ1) is 12.8. The fraction of sp³-hybridized carbons (Fsp3) is 0.273. The maximum absolute atomic E-state index is 12.6. The minimum Gasteiger partial charge on any atom is -0.370 e. The van der Waals surface area contributed by atoms with Crippen LogP contribution in [0.2, 0.25) is 0 Å². The number of anilines is 1. The van der Waals surface area contributed by atoms with Crippen LogP contribution >= 0.6 is 27.5 Å². The number of nitrogens with one attached hydrogen (secondary N) is 1. The van der Waals surface area contributed by atoms with Gasteiger partial charge in [0.1, 0.15) is 6.04 Å². The molecule has 1 atom stereocenters. The van der Waals surface area contributed by atoms with Gasteiger partial charge < -0.3 is 5.32 Å². The summed E-state index contributed by atoms with van der Waals surface area (Å²) in [5.41, 5.74) is 1.97. The predicted octanol–water partition coefficient (Wildman–Crippen LogP) is 4.52. The molecule has 1 aliphatic heterocycles. The van der Waals surface area contributed by atoms with Gasteiger partial charge in [0.15, 0.2) is 0 Å².